The third kappa shape index (κ3) is 6.61. The summed E-state index contributed by atoms with van der Waals surface area (Å²) in [6.07, 6.45) is 2.39. The van der Waals surface area contributed by atoms with Crippen LogP contribution in [0.4, 0.5) is 11.4 Å². The first-order valence-electron chi connectivity index (χ1n) is 9.53. The summed E-state index contributed by atoms with van der Waals surface area (Å²) in [6, 6.07) is 18.6. The zero-order chi connectivity index (χ0) is 24.0. The van der Waals surface area contributed by atoms with Gasteiger partial charge in [-0.25, -0.2) is 13.8 Å². The van der Waals surface area contributed by atoms with Crippen LogP contribution in [0.25, 0.3) is 0 Å². The van der Waals surface area contributed by atoms with Gasteiger partial charge in [-0.3, -0.25) is 19.2 Å². The van der Waals surface area contributed by atoms with Crippen LogP contribution in [0.5, 0.6) is 0 Å². The van der Waals surface area contributed by atoms with E-state index in [0.29, 0.717) is 16.3 Å². The lowest BCUT2D eigenvalue weighted by Crippen LogP contribution is -2.29. The number of anilines is 1. The summed E-state index contributed by atoms with van der Waals surface area (Å²) in [5, 5.41) is 15.2. The van der Waals surface area contributed by atoms with E-state index < -0.39 is 20.9 Å². The number of hydrogen-bond donors (Lipinski definition) is 1. The monoisotopic (exact) mass is 486 g/mol. The van der Waals surface area contributed by atoms with Gasteiger partial charge in [0.1, 0.15) is 0 Å². The molecule has 0 unspecified atom stereocenters. The minimum Gasteiger partial charge on any atom is -0.267 e. The summed E-state index contributed by atoms with van der Waals surface area (Å²) in [7, 11) is -3.59. The Bertz CT molecular complexity index is 1290. The molecule has 0 aliphatic carbocycles. The molecule has 9 nitrogen and oxygen atoms in total. The molecular formula is C22H19ClN4O5S. The van der Waals surface area contributed by atoms with Gasteiger partial charge in [0, 0.05) is 28.3 Å². The molecule has 0 heterocycles. The van der Waals surface area contributed by atoms with Crippen molar-refractivity contribution in [2.75, 3.05) is 10.6 Å². The summed E-state index contributed by atoms with van der Waals surface area (Å²) in [6.45, 7) is 0.106. The van der Waals surface area contributed by atoms with Crippen molar-refractivity contribution in [2.45, 2.75) is 6.54 Å². The molecular weight excluding hydrogens is 468 g/mol. The number of hydrazone groups is 1. The summed E-state index contributed by atoms with van der Waals surface area (Å²) in [5.41, 5.74) is 4.10. The lowest BCUT2D eigenvalue weighted by Gasteiger charge is -2.22. The molecule has 1 N–H and O–H groups in total. The number of carbonyl (C=O) groups excluding carboxylic acids is 1. The highest BCUT2D eigenvalue weighted by atomic mass is 35.5. The van der Waals surface area contributed by atoms with E-state index in [1.807, 2.05) is 0 Å². The molecule has 0 aliphatic rings. The van der Waals surface area contributed by atoms with Crippen molar-refractivity contribution < 1.29 is 18.1 Å². The quantitative estimate of drug-likeness (QED) is 0.293. The summed E-state index contributed by atoms with van der Waals surface area (Å²) in [4.78, 5) is 22.6. The van der Waals surface area contributed by atoms with Crippen molar-refractivity contribution in [1.82, 2.24) is 5.43 Å². The van der Waals surface area contributed by atoms with E-state index in [0.717, 1.165) is 11.8 Å². The number of benzene rings is 3. The minimum atomic E-state index is -3.59. The van der Waals surface area contributed by atoms with Crippen LogP contribution >= 0.6 is 11.6 Å². The molecule has 1 amide bonds. The molecule has 3 aromatic rings. The number of sulfonamides is 1. The summed E-state index contributed by atoms with van der Waals surface area (Å²) in [5.74, 6) is -0.521. The number of halogens is 1. The first-order valence-corrected chi connectivity index (χ1v) is 11.8. The molecule has 3 aromatic carbocycles. The number of hydrogen-bond acceptors (Lipinski definition) is 6. The Morgan fingerprint density at radius 2 is 1.79 bits per heavy atom. The van der Waals surface area contributed by atoms with Crippen LogP contribution in [-0.2, 0) is 16.6 Å². The maximum Gasteiger partial charge on any atom is 0.271 e. The van der Waals surface area contributed by atoms with Crippen LogP contribution < -0.4 is 9.73 Å². The van der Waals surface area contributed by atoms with Gasteiger partial charge in [-0.1, -0.05) is 35.9 Å². The highest BCUT2D eigenvalue weighted by Crippen LogP contribution is 2.22. The molecule has 11 heteroatoms. The number of nitrogens with one attached hydrogen (secondary N) is 1. The van der Waals surface area contributed by atoms with Crippen LogP contribution in [0.15, 0.2) is 77.9 Å². The van der Waals surface area contributed by atoms with Crippen molar-refractivity contribution in [1.29, 1.82) is 0 Å². The Labute approximate surface area is 195 Å². The molecule has 0 fully saturated rings. The normalized spacial score (nSPS) is 11.3. The summed E-state index contributed by atoms with van der Waals surface area (Å²) >= 11 is 5.89. The Kier molecular flexibility index (Phi) is 7.41. The van der Waals surface area contributed by atoms with Crippen LogP contribution in [0.3, 0.4) is 0 Å². The van der Waals surface area contributed by atoms with Crippen molar-refractivity contribution in [3.8, 4) is 0 Å². The van der Waals surface area contributed by atoms with Gasteiger partial charge < -0.3 is 0 Å². The molecule has 3 rings (SSSR count). The average molecular weight is 487 g/mol. The van der Waals surface area contributed by atoms with E-state index in [1.165, 1.54) is 53.0 Å². The third-order valence-corrected chi connectivity index (χ3v) is 5.91. The molecule has 0 saturated carbocycles. The molecule has 33 heavy (non-hydrogen) atoms. The fraction of sp³-hybridized carbons (Fsp3) is 0.0909. The van der Waals surface area contributed by atoms with Crippen LogP contribution in [0, 0.1) is 10.1 Å². The number of nitro benzene ring substituents is 1. The van der Waals surface area contributed by atoms with Gasteiger partial charge in [0.25, 0.3) is 11.6 Å². The average Bonchev–Trinajstić information content (AvgIpc) is 2.78. The van der Waals surface area contributed by atoms with Gasteiger partial charge in [-0.15, -0.1) is 0 Å². The fourth-order valence-corrected chi connectivity index (χ4v) is 3.90. The van der Waals surface area contributed by atoms with E-state index in [1.54, 1.807) is 30.3 Å². The van der Waals surface area contributed by atoms with E-state index in [-0.39, 0.29) is 17.8 Å². The van der Waals surface area contributed by atoms with Crippen LogP contribution in [0.2, 0.25) is 5.02 Å². The lowest BCUT2D eigenvalue weighted by atomic mass is 10.2. The number of nitrogens with zero attached hydrogens (tertiary/aromatic N) is 3. The fourth-order valence-electron chi connectivity index (χ4n) is 2.88. The van der Waals surface area contributed by atoms with Gasteiger partial charge in [0.05, 0.1) is 29.6 Å². The molecule has 0 bridgehead atoms. The third-order valence-electron chi connectivity index (χ3n) is 4.52. The lowest BCUT2D eigenvalue weighted by molar-refractivity contribution is -0.384. The summed E-state index contributed by atoms with van der Waals surface area (Å²) < 4.78 is 25.9. The Morgan fingerprint density at radius 3 is 2.39 bits per heavy atom. The first-order chi connectivity index (χ1) is 15.6. The predicted molar refractivity (Wildman–Crippen MR) is 127 cm³/mol. The predicted octanol–water partition coefficient (Wildman–Crippen LogP) is 3.98. The molecule has 0 saturated heterocycles. The SMILES string of the molecule is CS(=O)(=O)N(Cc1ccc(Cl)cc1)c1ccc(C(=O)N/N=C/c2cccc([N+](=O)[O-])c2)cc1. The standard InChI is InChI=1S/C22H19ClN4O5S/c1-33(31,32)26(15-16-5-9-19(23)10-6-16)20-11-7-18(8-12-20)22(28)25-24-14-17-3-2-4-21(13-17)27(29)30/h2-14H,15H2,1H3,(H,25,28)/b24-14+. The zero-order valence-corrected chi connectivity index (χ0v) is 19.0. The molecule has 0 aliphatic heterocycles. The topological polar surface area (TPSA) is 122 Å². The van der Waals surface area contributed by atoms with Gasteiger partial charge in [0.15, 0.2) is 0 Å². The zero-order valence-electron chi connectivity index (χ0n) is 17.4. The number of non-ortho nitro benzene ring substituents is 1. The number of carbonyl (C=O) groups is 1. The van der Waals surface area contributed by atoms with E-state index in [9.17, 15) is 23.3 Å². The Morgan fingerprint density at radius 1 is 1.12 bits per heavy atom. The van der Waals surface area contributed by atoms with E-state index in [2.05, 4.69) is 10.5 Å². The maximum absolute atomic E-state index is 12.3. The highest BCUT2D eigenvalue weighted by Gasteiger charge is 2.18. The van der Waals surface area contributed by atoms with E-state index >= 15 is 0 Å². The van der Waals surface area contributed by atoms with Crippen molar-refractivity contribution in [2.24, 2.45) is 5.10 Å². The molecule has 0 aromatic heterocycles. The Hall–Kier alpha value is -3.76. The van der Waals surface area contributed by atoms with E-state index in [4.69, 9.17) is 11.6 Å². The second kappa shape index (κ2) is 10.2. The van der Waals surface area contributed by atoms with Gasteiger partial charge >= 0.3 is 0 Å². The first kappa shape index (κ1) is 23.9. The van der Waals surface area contributed by atoms with Crippen LogP contribution in [0.1, 0.15) is 21.5 Å². The van der Waals surface area contributed by atoms with Crippen molar-refractivity contribution in [3.05, 3.63) is 105 Å². The minimum absolute atomic E-state index is 0.0881. The maximum atomic E-state index is 12.3. The van der Waals surface area contributed by atoms with Gasteiger partial charge in [-0.2, -0.15) is 5.10 Å². The number of rotatable bonds is 8. The highest BCUT2D eigenvalue weighted by molar-refractivity contribution is 7.92. The largest absolute Gasteiger partial charge is 0.271 e. The molecule has 0 spiro atoms. The number of amides is 1. The van der Waals surface area contributed by atoms with Crippen molar-refractivity contribution >= 4 is 45.1 Å². The second-order valence-electron chi connectivity index (χ2n) is 6.99. The molecule has 0 atom stereocenters. The van der Waals surface area contributed by atoms with Crippen LogP contribution in [-0.4, -0.2) is 31.7 Å². The number of nitro groups is 1. The van der Waals surface area contributed by atoms with Crippen molar-refractivity contribution in [3.63, 3.8) is 0 Å². The Balaban J connectivity index is 1.70. The molecule has 170 valence electrons. The van der Waals surface area contributed by atoms with Gasteiger partial charge in [0.2, 0.25) is 10.0 Å². The second-order valence-corrected chi connectivity index (χ2v) is 9.34. The smallest absolute Gasteiger partial charge is 0.267 e. The van der Waals surface area contributed by atoms with Gasteiger partial charge in [-0.05, 0) is 42.0 Å². The molecule has 0 radical (unpaired) electrons.